The Bertz CT molecular complexity index is 926. The number of carbonyl (C=O) groups excluding carboxylic acids is 1. The lowest BCUT2D eigenvalue weighted by Crippen LogP contribution is -2.08. The van der Waals surface area contributed by atoms with Crippen LogP contribution in [0.1, 0.15) is 21.5 Å². The van der Waals surface area contributed by atoms with Crippen LogP contribution in [0, 0.1) is 5.82 Å². The average Bonchev–Trinajstić information content (AvgIpc) is 3.02. The molecule has 0 aliphatic carbocycles. The molecule has 3 rings (SSSR count). The predicted molar refractivity (Wildman–Crippen MR) is 86.1 cm³/mol. The van der Waals surface area contributed by atoms with Gasteiger partial charge in [-0.1, -0.05) is 29.8 Å². The van der Waals surface area contributed by atoms with Gasteiger partial charge in [-0.25, -0.2) is 4.39 Å². The Morgan fingerprint density at radius 2 is 1.76 bits per heavy atom. The van der Waals surface area contributed by atoms with Crippen LogP contribution in [-0.2, 0) is 6.18 Å². The molecule has 0 fully saturated rings. The van der Waals surface area contributed by atoms with Crippen LogP contribution in [0.3, 0.4) is 0 Å². The zero-order valence-corrected chi connectivity index (χ0v) is 13.3. The number of nitrogens with one attached hydrogen (secondary N) is 1. The summed E-state index contributed by atoms with van der Waals surface area (Å²) >= 11 is 6.01. The van der Waals surface area contributed by atoms with E-state index in [2.05, 4.69) is 4.98 Å². The molecular weight excluding hydrogens is 358 g/mol. The Morgan fingerprint density at radius 1 is 1.04 bits per heavy atom. The molecule has 0 spiro atoms. The molecule has 0 aliphatic rings. The van der Waals surface area contributed by atoms with Gasteiger partial charge in [0.25, 0.3) is 0 Å². The van der Waals surface area contributed by atoms with E-state index in [1.165, 1.54) is 36.7 Å². The fourth-order valence-corrected chi connectivity index (χ4v) is 2.77. The van der Waals surface area contributed by atoms with Gasteiger partial charge >= 0.3 is 6.18 Å². The van der Waals surface area contributed by atoms with Crippen molar-refractivity contribution in [2.45, 2.75) is 6.18 Å². The summed E-state index contributed by atoms with van der Waals surface area (Å²) in [5, 5.41) is 0.0951. The van der Waals surface area contributed by atoms with Gasteiger partial charge in [0, 0.05) is 34.6 Å². The summed E-state index contributed by atoms with van der Waals surface area (Å²) in [5.74, 6) is -1.30. The second kappa shape index (κ2) is 6.37. The SMILES string of the molecule is O=C(c1cccc(C(F)(F)F)c1)c1c[nH]cc1-c1c(F)cccc1Cl. The first-order valence-electron chi connectivity index (χ1n) is 7.12. The Morgan fingerprint density at radius 3 is 2.44 bits per heavy atom. The molecule has 0 unspecified atom stereocenters. The first kappa shape index (κ1) is 17.2. The van der Waals surface area contributed by atoms with Crippen molar-refractivity contribution in [3.8, 4) is 11.1 Å². The minimum atomic E-state index is -4.56. The van der Waals surface area contributed by atoms with Crippen LogP contribution in [0.2, 0.25) is 5.02 Å². The number of hydrogen-bond acceptors (Lipinski definition) is 1. The van der Waals surface area contributed by atoms with Crippen molar-refractivity contribution in [2.75, 3.05) is 0 Å². The summed E-state index contributed by atoms with van der Waals surface area (Å²) in [6.07, 6.45) is -1.88. The smallest absolute Gasteiger partial charge is 0.366 e. The maximum absolute atomic E-state index is 14.1. The molecule has 1 N–H and O–H groups in total. The molecule has 128 valence electrons. The van der Waals surface area contributed by atoms with Crippen molar-refractivity contribution in [1.29, 1.82) is 0 Å². The maximum Gasteiger partial charge on any atom is 0.416 e. The van der Waals surface area contributed by atoms with Crippen molar-refractivity contribution in [3.63, 3.8) is 0 Å². The molecule has 2 aromatic carbocycles. The molecule has 0 saturated heterocycles. The van der Waals surface area contributed by atoms with Gasteiger partial charge in [-0.3, -0.25) is 4.79 Å². The third kappa shape index (κ3) is 3.30. The van der Waals surface area contributed by atoms with E-state index in [0.717, 1.165) is 18.2 Å². The summed E-state index contributed by atoms with van der Waals surface area (Å²) in [4.78, 5) is 15.3. The molecule has 0 bridgehead atoms. The van der Waals surface area contributed by atoms with Crippen molar-refractivity contribution in [2.24, 2.45) is 0 Å². The fraction of sp³-hybridized carbons (Fsp3) is 0.0556. The molecule has 2 nitrogen and oxygen atoms in total. The van der Waals surface area contributed by atoms with Crippen LogP contribution in [0.25, 0.3) is 11.1 Å². The van der Waals surface area contributed by atoms with Crippen LogP contribution in [0.5, 0.6) is 0 Å². The second-order valence-corrected chi connectivity index (χ2v) is 5.69. The van der Waals surface area contributed by atoms with Crippen LogP contribution in [0.15, 0.2) is 54.9 Å². The van der Waals surface area contributed by atoms with E-state index in [9.17, 15) is 22.4 Å². The van der Waals surface area contributed by atoms with E-state index in [4.69, 9.17) is 11.6 Å². The number of benzene rings is 2. The highest BCUT2D eigenvalue weighted by molar-refractivity contribution is 6.33. The number of rotatable bonds is 3. The minimum Gasteiger partial charge on any atom is -0.366 e. The van der Waals surface area contributed by atoms with Crippen LogP contribution >= 0.6 is 11.6 Å². The molecule has 1 aromatic heterocycles. The number of hydrogen-bond donors (Lipinski definition) is 1. The van der Waals surface area contributed by atoms with E-state index in [0.29, 0.717) is 0 Å². The largest absolute Gasteiger partial charge is 0.416 e. The van der Waals surface area contributed by atoms with Gasteiger partial charge in [-0.05, 0) is 24.3 Å². The molecule has 0 atom stereocenters. The number of H-pyrrole nitrogens is 1. The third-order valence-corrected chi connectivity index (χ3v) is 3.99. The molecule has 25 heavy (non-hydrogen) atoms. The molecule has 0 aliphatic heterocycles. The van der Waals surface area contributed by atoms with E-state index in [1.54, 1.807) is 0 Å². The monoisotopic (exact) mass is 367 g/mol. The Hall–Kier alpha value is -2.60. The first-order chi connectivity index (χ1) is 11.8. The normalized spacial score (nSPS) is 11.6. The highest BCUT2D eigenvalue weighted by Gasteiger charge is 2.31. The highest BCUT2D eigenvalue weighted by Crippen LogP contribution is 2.35. The van der Waals surface area contributed by atoms with Gasteiger partial charge in [0.15, 0.2) is 5.78 Å². The topological polar surface area (TPSA) is 32.9 Å². The highest BCUT2D eigenvalue weighted by atomic mass is 35.5. The number of alkyl halides is 3. The lowest BCUT2D eigenvalue weighted by Gasteiger charge is -2.09. The minimum absolute atomic E-state index is 0.0146. The Balaban J connectivity index is 2.08. The summed E-state index contributed by atoms with van der Waals surface area (Å²) in [7, 11) is 0. The average molecular weight is 368 g/mol. The number of ketones is 1. The van der Waals surface area contributed by atoms with Crippen LogP contribution in [0.4, 0.5) is 17.6 Å². The molecule has 7 heteroatoms. The maximum atomic E-state index is 14.1. The summed E-state index contributed by atoms with van der Waals surface area (Å²) in [6, 6.07) is 8.14. The van der Waals surface area contributed by atoms with E-state index in [-0.39, 0.29) is 27.3 Å². The lowest BCUT2D eigenvalue weighted by atomic mass is 9.96. The third-order valence-electron chi connectivity index (χ3n) is 3.67. The van der Waals surface area contributed by atoms with Crippen LogP contribution in [-0.4, -0.2) is 10.8 Å². The molecule has 0 radical (unpaired) electrons. The molecule has 0 saturated carbocycles. The summed E-state index contributed by atoms with van der Waals surface area (Å²) in [5.41, 5.74) is -0.847. The van der Waals surface area contributed by atoms with Crippen molar-refractivity contribution in [3.05, 3.63) is 82.4 Å². The van der Waals surface area contributed by atoms with Gasteiger partial charge in [0.05, 0.1) is 10.6 Å². The fourth-order valence-electron chi connectivity index (χ4n) is 2.51. The van der Waals surface area contributed by atoms with Crippen molar-refractivity contribution < 1.29 is 22.4 Å². The second-order valence-electron chi connectivity index (χ2n) is 5.29. The number of aromatic amines is 1. The van der Waals surface area contributed by atoms with Crippen molar-refractivity contribution in [1.82, 2.24) is 4.98 Å². The summed E-state index contributed by atoms with van der Waals surface area (Å²) < 4.78 is 52.6. The van der Waals surface area contributed by atoms with Gasteiger partial charge in [-0.2, -0.15) is 13.2 Å². The number of carbonyl (C=O) groups is 1. The van der Waals surface area contributed by atoms with E-state index < -0.39 is 23.3 Å². The Kier molecular flexibility index (Phi) is 4.39. The number of halogens is 5. The van der Waals surface area contributed by atoms with Crippen LogP contribution < -0.4 is 0 Å². The molecular formula is C18H10ClF4NO. The zero-order valence-electron chi connectivity index (χ0n) is 12.5. The molecule has 0 amide bonds. The Labute approximate surface area is 145 Å². The predicted octanol–water partition coefficient (Wildman–Crippen LogP) is 5.72. The first-order valence-corrected chi connectivity index (χ1v) is 7.50. The molecule has 1 heterocycles. The number of aromatic nitrogens is 1. The van der Waals surface area contributed by atoms with Crippen molar-refractivity contribution >= 4 is 17.4 Å². The van der Waals surface area contributed by atoms with Gasteiger partial charge in [0.2, 0.25) is 0 Å². The quantitative estimate of drug-likeness (QED) is 0.466. The van der Waals surface area contributed by atoms with Gasteiger partial charge < -0.3 is 4.98 Å². The molecule has 3 aromatic rings. The standard InChI is InChI=1S/C18H10ClF4NO/c19-14-5-2-6-15(20)16(14)12-8-24-9-13(12)17(25)10-3-1-4-11(7-10)18(21,22)23/h1-9,24H. The summed E-state index contributed by atoms with van der Waals surface area (Å²) in [6.45, 7) is 0. The van der Waals surface area contributed by atoms with E-state index >= 15 is 0 Å². The van der Waals surface area contributed by atoms with E-state index in [1.807, 2.05) is 0 Å². The van der Waals surface area contributed by atoms with Gasteiger partial charge in [0.1, 0.15) is 5.82 Å². The van der Waals surface area contributed by atoms with Gasteiger partial charge in [-0.15, -0.1) is 0 Å². The lowest BCUT2D eigenvalue weighted by molar-refractivity contribution is -0.137. The zero-order chi connectivity index (χ0) is 18.2.